The van der Waals surface area contributed by atoms with Crippen molar-refractivity contribution in [3.63, 3.8) is 0 Å². The first kappa shape index (κ1) is 16.9. The van der Waals surface area contributed by atoms with E-state index in [0.717, 1.165) is 0 Å². The molecule has 0 saturated carbocycles. The van der Waals surface area contributed by atoms with E-state index in [1.807, 2.05) is 0 Å². The third-order valence-corrected chi connectivity index (χ3v) is 2.74. The number of amides is 1. The maximum Gasteiger partial charge on any atom is 0.340 e. The number of aliphatic hydroxyl groups excluding tert-OH is 2. The van der Waals surface area contributed by atoms with Crippen molar-refractivity contribution in [2.75, 3.05) is 6.54 Å². The molecule has 1 amide bonds. The molecule has 0 radical (unpaired) electrons. The number of carbonyl (C=O) groups excluding carboxylic acids is 1. The first-order valence-electron chi connectivity index (χ1n) is 5.98. The minimum Gasteiger partial charge on any atom is -0.390 e. The zero-order valence-corrected chi connectivity index (χ0v) is 11.0. The van der Waals surface area contributed by atoms with Gasteiger partial charge < -0.3 is 15.5 Å². The third-order valence-electron chi connectivity index (χ3n) is 2.74. The Morgan fingerprint density at radius 3 is 2.33 bits per heavy atom. The number of hydrogen-bond donors (Lipinski definition) is 3. The van der Waals surface area contributed by atoms with Crippen molar-refractivity contribution >= 4 is 11.6 Å². The predicted octanol–water partition coefficient (Wildman–Crippen LogP) is 0.793. The Kier molecular flexibility index (Phi) is 5.68. The van der Waals surface area contributed by atoms with Crippen molar-refractivity contribution in [2.45, 2.75) is 25.6 Å². The largest absolute Gasteiger partial charge is 0.390 e. The van der Waals surface area contributed by atoms with E-state index >= 15 is 0 Å². The quantitative estimate of drug-likeness (QED) is 0.531. The smallest absolute Gasteiger partial charge is 0.340 e. The second-order valence-corrected chi connectivity index (χ2v) is 4.37. The normalized spacial score (nSPS) is 13.6. The number of aliphatic hydroxyl groups is 2. The van der Waals surface area contributed by atoms with Gasteiger partial charge in [0.2, 0.25) is 17.5 Å². The molecule has 1 aromatic carbocycles. The van der Waals surface area contributed by atoms with E-state index in [1.54, 1.807) is 0 Å². The van der Waals surface area contributed by atoms with Crippen LogP contribution in [0.2, 0.25) is 0 Å². The predicted molar refractivity (Wildman–Crippen MR) is 67.3 cm³/mol. The van der Waals surface area contributed by atoms with Crippen LogP contribution in [-0.2, 0) is 4.79 Å². The SMILES string of the molecule is CC(=O)NCCC(O)C(O)c1cc(F)c([N+](=O)[O-])c(F)c1. The summed E-state index contributed by atoms with van der Waals surface area (Å²) in [4.78, 5) is 19.9. The number of rotatable bonds is 6. The van der Waals surface area contributed by atoms with Gasteiger partial charge in [-0.25, -0.2) is 0 Å². The molecule has 0 spiro atoms. The second-order valence-electron chi connectivity index (χ2n) is 4.37. The van der Waals surface area contributed by atoms with Gasteiger partial charge in [0.1, 0.15) is 6.10 Å². The van der Waals surface area contributed by atoms with Crippen LogP contribution in [0.5, 0.6) is 0 Å². The molecule has 0 aliphatic carbocycles. The third kappa shape index (κ3) is 4.43. The molecule has 0 aliphatic heterocycles. The summed E-state index contributed by atoms with van der Waals surface area (Å²) in [5, 5.41) is 32.2. The number of hydrogen-bond acceptors (Lipinski definition) is 5. The summed E-state index contributed by atoms with van der Waals surface area (Å²) in [6.45, 7) is 1.33. The van der Waals surface area contributed by atoms with Crippen LogP contribution >= 0.6 is 0 Å². The second kappa shape index (κ2) is 7.04. The van der Waals surface area contributed by atoms with Gasteiger partial charge in [-0.3, -0.25) is 14.9 Å². The fourth-order valence-electron chi connectivity index (χ4n) is 1.71. The number of nitrogens with zero attached hydrogens (tertiary/aromatic N) is 1. The van der Waals surface area contributed by atoms with E-state index in [9.17, 15) is 33.9 Å². The molecule has 116 valence electrons. The minimum atomic E-state index is -1.64. The molecule has 0 aliphatic rings. The van der Waals surface area contributed by atoms with Crippen LogP contribution in [0.25, 0.3) is 0 Å². The summed E-state index contributed by atoms with van der Waals surface area (Å²) >= 11 is 0. The van der Waals surface area contributed by atoms with Crippen molar-refractivity contribution in [3.05, 3.63) is 39.4 Å². The molecular weight excluding hydrogens is 290 g/mol. The number of nitro benzene ring substituents is 1. The number of nitrogens with one attached hydrogen (secondary N) is 1. The maximum atomic E-state index is 13.4. The summed E-state index contributed by atoms with van der Waals surface area (Å²) in [5.41, 5.74) is -1.65. The highest BCUT2D eigenvalue weighted by Gasteiger charge is 2.26. The van der Waals surface area contributed by atoms with Crippen molar-refractivity contribution in [1.29, 1.82) is 0 Å². The maximum absolute atomic E-state index is 13.4. The van der Waals surface area contributed by atoms with Crippen LogP contribution in [0.3, 0.4) is 0 Å². The van der Waals surface area contributed by atoms with Gasteiger partial charge in [-0.15, -0.1) is 0 Å². The number of nitro groups is 1. The van der Waals surface area contributed by atoms with Gasteiger partial charge in [-0.1, -0.05) is 0 Å². The van der Waals surface area contributed by atoms with E-state index in [2.05, 4.69) is 5.32 Å². The van der Waals surface area contributed by atoms with Gasteiger partial charge in [0, 0.05) is 13.5 Å². The van der Waals surface area contributed by atoms with E-state index in [4.69, 9.17) is 0 Å². The molecule has 21 heavy (non-hydrogen) atoms. The van der Waals surface area contributed by atoms with E-state index in [0.29, 0.717) is 12.1 Å². The molecule has 2 atom stereocenters. The van der Waals surface area contributed by atoms with Gasteiger partial charge >= 0.3 is 5.69 Å². The Labute approximate surface area is 118 Å². The summed E-state index contributed by atoms with van der Waals surface area (Å²) in [5.74, 6) is -3.21. The molecule has 0 heterocycles. The zero-order chi connectivity index (χ0) is 16.2. The lowest BCUT2D eigenvalue weighted by atomic mass is 10.0. The minimum absolute atomic E-state index is 0.0546. The lowest BCUT2D eigenvalue weighted by molar-refractivity contribution is -0.390. The standard InChI is InChI=1S/C12H14F2N2O5/c1-6(17)15-3-2-10(18)12(19)7-4-8(13)11(16(20)21)9(14)5-7/h4-5,10,12,18-19H,2-3H2,1H3,(H,15,17). The average molecular weight is 304 g/mol. The molecule has 0 saturated heterocycles. The van der Waals surface area contributed by atoms with Gasteiger partial charge in [0.25, 0.3) is 0 Å². The van der Waals surface area contributed by atoms with Crippen LogP contribution in [-0.4, -0.2) is 33.7 Å². The van der Waals surface area contributed by atoms with E-state index < -0.39 is 34.5 Å². The van der Waals surface area contributed by atoms with Crippen LogP contribution in [0, 0.1) is 21.7 Å². The van der Waals surface area contributed by atoms with Crippen LogP contribution in [0.1, 0.15) is 25.0 Å². The summed E-state index contributed by atoms with van der Waals surface area (Å²) < 4.78 is 26.8. The Morgan fingerprint density at radius 2 is 1.90 bits per heavy atom. The van der Waals surface area contributed by atoms with Crippen LogP contribution < -0.4 is 5.32 Å². The van der Waals surface area contributed by atoms with Gasteiger partial charge in [-0.05, 0) is 24.1 Å². The van der Waals surface area contributed by atoms with Gasteiger partial charge in [0.05, 0.1) is 11.0 Å². The first-order valence-corrected chi connectivity index (χ1v) is 5.98. The molecule has 7 nitrogen and oxygen atoms in total. The fourth-order valence-corrected chi connectivity index (χ4v) is 1.71. The summed E-state index contributed by atoms with van der Waals surface area (Å²) in [6, 6.07) is 1.18. The molecule has 0 fully saturated rings. The van der Waals surface area contributed by atoms with E-state index in [-0.39, 0.29) is 24.4 Å². The average Bonchev–Trinajstić information content (AvgIpc) is 2.35. The molecule has 1 rings (SSSR count). The lowest BCUT2D eigenvalue weighted by Gasteiger charge is -2.18. The Morgan fingerprint density at radius 1 is 1.38 bits per heavy atom. The summed E-state index contributed by atoms with van der Waals surface area (Å²) in [6.07, 6.45) is -3.08. The molecule has 3 N–H and O–H groups in total. The molecule has 9 heteroatoms. The molecular formula is C12H14F2N2O5. The summed E-state index contributed by atoms with van der Waals surface area (Å²) in [7, 11) is 0. The van der Waals surface area contributed by atoms with Crippen molar-refractivity contribution < 1.29 is 28.7 Å². The van der Waals surface area contributed by atoms with Gasteiger partial charge in [-0.2, -0.15) is 8.78 Å². The molecule has 0 bridgehead atoms. The highest BCUT2D eigenvalue weighted by Crippen LogP contribution is 2.27. The Bertz CT molecular complexity index is 529. The van der Waals surface area contributed by atoms with Crippen LogP contribution in [0.4, 0.5) is 14.5 Å². The first-order chi connectivity index (χ1) is 9.73. The number of benzene rings is 1. The van der Waals surface area contributed by atoms with E-state index in [1.165, 1.54) is 6.92 Å². The highest BCUT2D eigenvalue weighted by atomic mass is 19.1. The Hall–Kier alpha value is -2.13. The molecule has 0 aromatic heterocycles. The monoisotopic (exact) mass is 304 g/mol. The lowest BCUT2D eigenvalue weighted by Crippen LogP contribution is -2.27. The van der Waals surface area contributed by atoms with Crippen molar-refractivity contribution in [1.82, 2.24) is 5.32 Å². The topological polar surface area (TPSA) is 113 Å². The van der Waals surface area contributed by atoms with Crippen molar-refractivity contribution in [3.8, 4) is 0 Å². The Balaban J connectivity index is 2.85. The zero-order valence-electron chi connectivity index (χ0n) is 11.0. The fraction of sp³-hybridized carbons (Fsp3) is 0.417. The molecule has 1 aromatic rings. The number of halogens is 2. The van der Waals surface area contributed by atoms with Gasteiger partial charge in [0.15, 0.2) is 0 Å². The van der Waals surface area contributed by atoms with Crippen molar-refractivity contribution in [2.24, 2.45) is 0 Å². The number of carbonyl (C=O) groups is 1. The van der Waals surface area contributed by atoms with Crippen LogP contribution in [0.15, 0.2) is 12.1 Å². The molecule has 2 unspecified atom stereocenters. The highest BCUT2D eigenvalue weighted by molar-refractivity contribution is 5.72.